The predicted molar refractivity (Wildman–Crippen MR) is 101 cm³/mol. The van der Waals surface area contributed by atoms with Gasteiger partial charge in [-0.15, -0.1) is 0 Å². The molecule has 1 aromatic rings. The van der Waals surface area contributed by atoms with Crippen molar-refractivity contribution >= 4 is 10.1 Å². The Morgan fingerprint density at radius 3 is 1.25 bits per heavy atom. The van der Waals surface area contributed by atoms with Gasteiger partial charge in [0.25, 0.3) is 10.1 Å². The molecule has 4 heteroatoms. The molecule has 0 bridgehead atoms. The molecule has 0 fully saturated rings. The van der Waals surface area contributed by atoms with Gasteiger partial charge in [0.1, 0.15) is 4.90 Å². The number of hydrogen-bond acceptors (Lipinski definition) is 2. The van der Waals surface area contributed by atoms with Crippen LogP contribution in [0.4, 0.5) is 0 Å². The summed E-state index contributed by atoms with van der Waals surface area (Å²) in [6.45, 7) is 16.7. The summed E-state index contributed by atoms with van der Waals surface area (Å²) in [5.41, 5.74) is 4.99. The van der Waals surface area contributed by atoms with E-state index in [1.807, 2.05) is 13.8 Å². The van der Waals surface area contributed by atoms with Crippen molar-refractivity contribution in [3.05, 3.63) is 27.8 Å². The third kappa shape index (κ3) is 5.06. The Morgan fingerprint density at radius 1 is 0.708 bits per heavy atom. The van der Waals surface area contributed by atoms with Crippen LogP contribution < -0.4 is 0 Å². The van der Waals surface area contributed by atoms with Crippen molar-refractivity contribution < 1.29 is 13.0 Å². The van der Waals surface area contributed by atoms with Crippen LogP contribution in [0.15, 0.2) is 4.90 Å². The molecular formula is C20H34O3S. The summed E-state index contributed by atoms with van der Waals surface area (Å²) < 4.78 is 33.9. The highest BCUT2D eigenvalue weighted by atomic mass is 32.2. The van der Waals surface area contributed by atoms with E-state index >= 15 is 0 Å². The van der Waals surface area contributed by atoms with Crippen molar-refractivity contribution in [3.63, 3.8) is 0 Å². The van der Waals surface area contributed by atoms with Gasteiger partial charge in [0.2, 0.25) is 0 Å². The maximum Gasteiger partial charge on any atom is 0.295 e. The normalized spacial score (nSPS) is 12.7. The van der Waals surface area contributed by atoms with E-state index < -0.39 is 10.1 Å². The molecule has 24 heavy (non-hydrogen) atoms. The Morgan fingerprint density at radius 2 is 1.00 bits per heavy atom. The van der Waals surface area contributed by atoms with E-state index in [4.69, 9.17) is 0 Å². The van der Waals surface area contributed by atoms with Crippen LogP contribution in [-0.2, 0) is 29.4 Å². The third-order valence-corrected chi connectivity index (χ3v) is 5.54. The lowest BCUT2D eigenvalue weighted by molar-refractivity contribution is 0.480. The molecule has 1 aromatic carbocycles. The summed E-state index contributed by atoms with van der Waals surface area (Å²) in [5.74, 6) is 1.36. The van der Waals surface area contributed by atoms with Crippen molar-refractivity contribution in [2.24, 2.45) is 17.8 Å². The molecule has 0 atom stereocenters. The molecule has 0 heterocycles. The second-order valence-corrected chi connectivity index (χ2v) is 9.64. The van der Waals surface area contributed by atoms with Gasteiger partial charge < -0.3 is 0 Å². The first-order valence-electron chi connectivity index (χ1n) is 8.97. The highest BCUT2D eigenvalue weighted by Gasteiger charge is 2.26. The minimum absolute atomic E-state index is 0.126. The van der Waals surface area contributed by atoms with Gasteiger partial charge in [0.15, 0.2) is 0 Å². The van der Waals surface area contributed by atoms with Crippen molar-refractivity contribution in [3.8, 4) is 0 Å². The second kappa shape index (κ2) is 8.01. The largest absolute Gasteiger partial charge is 0.295 e. The average molecular weight is 355 g/mol. The van der Waals surface area contributed by atoms with Gasteiger partial charge in [-0.05, 0) is 78.7 Å². The highest BCUT2D eigenvalue weighted by molar-refractivity contribution is 7.86. The van der Waals surface area contributed by atoms with E-state index in [0.717, 1.165) is 41.5 Å². The second-order valence-electron chi connectivity index (χ2n) is 8.28. The van der Waals surface area contributed by atoms with Gasteiger partial charge in [-0.3, -0.25) is 4.55 Å². The lowest BCUT2D eigenvalue weighted by Gasteiger charge is -2.26. The first-order chi connectivity index (χ1) is 10.9. The van der Waals surface area contributed by atoms with E-state index in [9.17, 15) is 13.0 Å². The zero-order chi connectivity index (χ0) is 18.8. The number of benzene rings is 1. The standard InChI is InChI=1S/C20H34O3S/c1-12(2)9-17-15(7)20(24(21,22)23)16(8)18(10-13(3)4)19(17)11-14(5)6/h12-14H,9-11H2,1-8H3,(H,21,22,23). The Balaban J connectivity index is 3.87. The average Bonchev–Trinajstić information content (AvgIpc) is 2.36. The molecular weight excluding hydrogens is 320 g/mol. The van der Waals surface area contributed by atoms with Crippen molar-refractivity contribution in [1.82, 2.24) is 0 Å². The minimum atomic E-state index is -4.23. The van der Waals surface area contributed by atoms with Crippen LogP contribution in [0.1, 0.15) is 69.4 Å². The van der Waals surface area contributed by atoms with Crippen molar-refractivity contribution in [2.45, 2.75) is 79.5 Å². The zero-order valence-corrected chi connectivity index (χ0v) is 17.3. The minimum Gasteiger partial charge on any atom is -0.282 e. The van der Waals surface area contributed by atoms with Crippen LogP contribution in [0.25, 0.3) is 0 Å². The summed E-state index contributed by atoms with van der Waals surface area (Å²) in [5, 5.41) is 0. The molecule has 0 aromatic heterocycles. The molecule has 0 aliphatic rings. The number of rotatable bonds is 7. The molecule has 0 radical (unpaired) electrons. The van der Waals surface area contributed by atoms with Crippen molar-refractivity contribution in [1.29, 1.82) is 0 Å². The van der Waals surface area contributed by atoms with Gasteiger partial charge >= 0.3 is 0 Å². The summed E-state index contributed by atoms with van der Waals surface area (Å²) in [4.78, 5) is 0.126. The lowest BCUT2D eigenvalue weighted by atomic mass is 9.82. The molecule has 0 unspecified atom stereocenters. The van der Waals surface area contributed by atoms with Crippen molar-refractivity contribution in [2.75, 3.05) is 0 Å². The molecule has 1 rings (SSSR count). The van der Waals surface area contributed by atoms with Crippen LogP contribution in [0.3, 0.4) is 0 Å². The van der Waals surface area contributed by atoms with Gasteiger partial charge in [-0.2, -0.15) is 8.42 Å². The first kappa shape index (κ1) is 21.2. The summed E-state index contributed by atoms with van der Waals surface area (Å²) in [6, 6.07) is 0. The SMILES string of the molecule is Cc1c(CC(C)C)c(CC(C)C)c(CC(C)C)c(C)c1S(=O)(=O)O. The van der Waals surface area contributed by atoms with E-state index in [0.29, 0.717) is 17.8 Å². The maximum absolute atomic E-state index is 12.0. The van der Waals surface area contributed by atoms with Gasteiger partial charge in [-0.25, -0.2) is 0 Å². The summed E-state index contributed by atoms with van der Waals surface area (Å²) >= 11 is 0. The lowest BCUT2D eigenvalue weighted by Crippen LogP contribution is -2.17. The molecule has 138 valence electrons. The molecule has 1 N–H and O–H groups in total. The molecule has 0 aliphatic carbocycles. The van der Waals surface area contributed by atoms with E-state index in [1.54, 1.807) is 0 Å². The molecule has 0 saturated heterocycles. The summed E-state index contributed by atoms with van der Waals surface area (Å²) in [7, 11) is -4.23. The van der Waals surface area contributed by atoms with E-state index in [2.05, 4.69) is 41.5 Å². The van der Waals surface area contributed by atoms with Crippen LogP contribution >= 0.6 is 0 Å². The number of hydrogen-bond donors (Lipinski definition) is 1. The third-order valence-electron chi connectivity index (χ3n) is 4.41. The molecule has 0 saturated carbocycles. The fourth-order valence-corrected chi connectivity index (χ4v) is 4.62. The Bertz CT molecular complexity index is 646. The van der Waals surface area contributed by atoms with Crippen LogP contribution in [0, 0.1) is 31.6 Å². The molecule has 0 amide bonds. The maximum atomic E-state index is 12.0. The topological polar surface area (TPSA) is 54.4 Å². The smallest absolute Gasteiger partial charge is 0.282 e. The Labute approximate surface area is 148 Å². The monoisotopic (exact) mass is 354 g/mol. The zero-order valence-electron chi connectivity index (χ0n) is 16.5. The predicted octanol–water partition coefficient (Wildman–Crippen LogP) is 5.15. The molecule has 0 spiro atoms. The first-order valence-corrected chi connectivity index (χ1v) is 10.4. The summed E-state index contributed by atoms with van der Waals surface area (Å²) in [6.07, 6.45) is 2.61. The molecule has 0 aliphatic heterocycles. The highest BCUT2D eigenvalue weighted by Crippen LogP contribution is 2.35. The van der Waals surface area contributed by atoms with E-state index in [-0.39, 0.29) is 4.90 Å². The van der Waals surface area contributed by atoms with Crippen LogP contribution in [0.5, 0.6) is 0 Å². The Hall–Kier alpha value is -0.870. The quantitative estimate of drug-likeness (QED) is 0.689. The fraction of sp³-hybridized carbons (Fsp3) is 0.700. The van der Waals surface area contributed by atoms with Gasteiger partial charge in [-0.1, -0.05) is 41.5 Å². The van der Waals surface area contributed by atoms with Crippen LogP contribution in [0.2, 0.25) is 0 Å². The fourth-order valence-electron chi connectivity index (χ4n) is 3.60. The van der Waals surface area contributed by atoms with Gasteiger partial charge in [0.05, 0.1) is 0 Å². The van der Waals surface area contributed by atoms with Gasteiger partial charge in [0, 0.05) is 0 Å². The molecule has 3 nitrogen and oxygen atoms in total. The van der Waals surface area contributed by atoms with Crippen LogP contribution in [-0.4, -0.2) is 13.0 Å². The van der Waals surface area contributed by atoms with E-state index in [1.165, 1.54) is 5.56 Å². The Kier molecular flexibility index (Phi) is 7.06.